The number of amides is 2. The molecule has 13 heteroatoms. The van der Waals surface area contributed by atoms with Gasteiger partial charge in [0.2, 0.25) is 0 Å². The van der Waals surface area contributed by atoms with Crippen LogP contribution in [0.4, 0.5) is 0 Å². The van der Waals surface area contributed by atoms with Crippen LogP contribution >= 0.6 is 35.1 Å². The molecule has 2 atom stereocenters. The number of nitrogens with one attached hydrogen (secondary N) is 2. The summed E-state index contributed by atoms with van der Waals surface area (Å²) in [7, 11) is 0. The van der Waals surface area contributed by atoms with Gasteiger partial charge < -0.3 is 24.5 Å². The number of hydrogen-bond donors (Lipinski definition) is 2. The molecule has 2 unspecified atom stereocenters. The van der Waals surface area contributed by atoms with Crippen LogP contribution in [0.3, 0.4) is 0 Å². The van der Waals surface area contributed by atoms with Crippen molar-refractivity contribution in [3.05, 3.63) is 58.3 Å². The number of carbonyl (C=O) groups is 4. The number of halogens is 1. The molecule has 6 rings (SSSR count). The van der Waals surface area contributed by atoms with Crippen LogP contribution in [0.2, 0.25) is 5.02 Å². The minimum Gasteiger partial charge on any atom is -0.484 e. The second-order valence-electron chi connectivity index (χ2n) is 11.2. The van der Waals surface area contributed by atoms with Crippen molar-refractivity contribution in [3.63, 3.8) is 0 Å². The summed E-state index contributed by atoms with van der Waals surface area (Å²) in [5, 5.41) is 4.04. The number of aromatic amines is 1. The molecule has 3 aliphatic rings. The van der Waals surface area contributed by atoms with Crippen molar-refractivity contribution in [3.8, 4) is 17.0 Å². The molecule has 1 aromatic heterocycles. The highest BCUT2D eigenvalue weighted by Gasteiger charge is 2.54. The minimum absolute atomic E-state index is 0.0556. The Morgan fingerprint density at radius 1 is 1.19 bits per heavy atom. The number of aromatic nitrogens is 1. The molecule has 0 radical (unpaired) electrons. The number of hydrogen-bond acceptors (Lipinski definition) is 9. The molecule has 43 heavy (non-hydrogen) atoms. The zero-order chi connectivity index (χ0) is 30.5. The number of esters is 1. The zero-order valence-corrected chi connectivity index (χ0v) is 25.9. The van der Waals surface area contributed by atoms with E-state index in [0.29, 0.717) is 22.1 Å². The van der Waals surface area contributed by atoms with E-state index in [2.05, 4.69) is 10.3 Å². The third kappa shape index (κ3) is 5.71. The number of ether oxygens (including phenoxy) is 3. The molecule has 3 aromatic rings. The van der Waals surface area contributed by atoms with Crippen LogP contribution in [0, 0.1) is 0 Å². The summed E-state index contributed by atoms with van der Waals surface area (Å²) in [6.45, 7) is 5.03. The lowest BCUT2D eigenvalue weighted by Gasteiger charge is -2.49. The van der Waals surface area contributed by atoms with E-state index in [4.69, 9.17) is 25.8 Å². The molecule has 0 spiro atoms. The predicted molar refractivity (Wildman–Crippen MR) is 164 cm³/mol. The first kappa shape index (κ1) is 29.5. The molecule has 224 valence electrons. The molecule has 1 fully saturated rings. The van der Waals surface area contributed by atoms with Crippen LogP contribution < -0.4 is 10.1 Å². The Kier molecular flexibility index (Phi) is 7.86. The summed E-state index contributed by atoms with van der Waals surface area (Å²) in [5.74, 6) is 0.0454. The van der Waals surface area contributed by atoms with Crippen molar-refractivity contribution in [2.75, 3.05) is 19.0 Å². The van der Waals surface area contributed by atoms with E-state index in [1.807, 2.05) is 36.4 Å². The summed E-state index contributed by atoms with van der Waals surface area (Å²) >= 11 is 9.27. The summed E-state index contributed by atoms with van der Waals surface area (Å²) in [6, 6.07) is 10.7. The maximum Gasteiger partial charge on any atom is 0.355 e. The summed E-state index contributed by atoms with van der Waals surface area (Å²) in [4.78, 5) is 55.6. The van der Waals surface area contributed by atoms with E-state index >= 15 is 0 Å². The quantitative estimate of drug-likeness (QED) is 0.205. The number of nitrogens with zero attached hydrogens (tertiary/aromatic N) is 1. The highest BCUT2D eigenvalue weighted by atomic mass is 35.5. The van der Waals surface area contributed by atoms with Crippen molar-refractivity contribution >= 4 is 70.3 Å². The number of β-lactam (4-membered cyclic amide) rings is 1. The van der Waals surface area contributed by atoms with Gasteiger partial charge in [-0.15, -0.1) is 23.5 Å². The van der Waals surface area contributed by atoms with Gasteiger partial charge in [0.25, 0.3) is 18.3 Å². The molecule has 2 N–H and O–H groups in total. The smallest absolute Gasteiger partial charge is 0.355 e. The van der Waals surface area contributed by atoms with Gasteiger partial charge in [-0.1, -0.05) is 11.6 Å². The van der Waals surface area contributed by atoms with Crippen LogP contribution in [0.5, 0.6) is 5.75 Å². The third-order valence-electron chi connectivity index (χ3n) is 7.11. The molecular formula is C30H28ClN3O7S2. The van der Waals surface area contributed by atoms with E-state index in [0.717, 1.165) is 32.8 Å². The number of fused-ring (bicyclic) bond motifs is 6. The largest absolute Gasteiger partial charge is 0.484 e. The Hall–Kier alpha value is -3.61. The van der Waals surface area contributed by atoms with Crippen molar-refractivity contribution in [2.45, 2.75) is 48.4 Å². The van der Waals surface area contributed by atoms with E-state index in [9.17, 15) is 19.2 Å². The van der Waals surface area contributed by atoms with Gasteiger partial charge in [0, 0.05) is 43.5 Å². The molecule has 0 aliphatic carbocycles. The maximum atomic E-state index is 13.1. The summed E-state index contributed by atoms with van der Waals surface area (Å²) < 4.78 is 16.2. The van der Waals surface area contributed by atoms with Gasteiger partial charge in [-0.2, -0.15) is 0 Å². The van der Waals surface area contributed by atoms with E-state index in [1.165, 1.54) is 22.2 Å². The first-order valence-electron chi connectivity index (χ1n) is 13.5. The SMILES string of the molecule is CC(C)(C)OC(=O)C1=C(COC=O)CSC2C(NC(=O)COc3ccc4c(c3)SCc3c-4[nH]c4ccc(Cl)cc34)C(=O)N12. The van der Waals surface area contributed by atoms with Gasteiger partial charge in [0.05, 0.1) is 5.69 Å². The van der Waals surface area contributed by atoms with Crippen LogP contribution in [-0.2, 0) is 34.4 Å². The number of H-pyrrole nitrogens is 1. The predicted octanol–water partition coefficient (Wildman–Crippen LogP) is 4.64. The fraction of sp³-hybridized carbons (Fsp3) is 0.333. The molecule has 4 heterocycles. The van der Waals surface area contributed by atoms with E-state index in [1.54, 1.807) is 32.5 Å². The molecule has 3 aliphatic heterocycles. The molecule has 2 amide bonds. The zero-order valence-electron chi connectivity index (χ0n) is 23.5. The molecule has 1 saturated heterocycles. The van der Waals surface area contributed by atoms with Crippen molar-refractivity contribution in [2.24, 2.45) is 0 Å². The van der Waals surface area contributed by atoms with Gasteiger partial charge in [0.1, 0.15) is 35.1 Å². The van der Waals surface area contributed by atoms with Crippen LogP contribution in [0.25, 0.3) is 22.2 Å². The topological polar surface area (TPSA) is 127 Å². The minimum atomic E-state index is -0.833. The van der Waals surface area contributed by atoms with E-state index in [-0.39, 0.29) is 25.4 Å². The Bertz CT molecular complexity index is 1700. The summed E-state index contributed by atoms with van der Waals surface area (Å²) in [6.07, 6.45) is 0. The molecule has 2 aromatic carbocycles. The fourth-order valence-electron chi connectivity index (χ4n) is 5.28. The van der Waals surface area contributed by atoms with Crippen LogP contribution in [-0.4, -0.2) is 70.1 Å². The molecule has 0 saturated carbocycles. The highest BCUT2D eigenvalue weighted by Crippen LogP contribution is 2.46. The molecule has 0 bridgehead atoms. The Morgan fingerprint density at radius 3 is 2.77 bits per heavy atom. The first-order chi connectivity index (χ1) is 20.5. The van der Waals surface area contributed by atoms with Crippen LogP contribution in [0.15, 0.2) is 52.6 Å². The molecular weight excluding hydrogens is 614 g/mol. The number of carbonyl (C=O) groups excluding carboxylic acids is 4. The lowest BCUT2D eigenvalue weighted by Crippen LogP contribution is -2.71. The second-order valence-corrected chi connectivity index (χ2v) is 13.8. The monoisotopic (exact) mass is 641 g/mol. The van der Waals surface area contributed by atoms with Gasteiger partial charge in [0.15, 0.2) is 6.61 Å². The lowest BCUT2D eigenvalue weighted by atomic mass is 10.0. The maximum absolute atomic E-state index is 13.1. The van der Waals surface area contributed by atoms with Crippen LogP contribution in [0.1, 0.15) is 26.3 Å². The Balaban J connectivity index is 1.10. The molecule has 10 nitrogen and oxygen atoms in total. The Morgan fingerprint density at radius 2 is 2.00 bits per heavy atom. The van der Waals surface area contributed by atoms with Crippen molar-refractivity contribution < 1.29 is 33.4 Å². The van der Waals surface area contributed by atoms with Gasteiger partial charge in [-0.25, -0.2) is 4.79 Å². The highest BCUT2D eigenvalue weighted by molar-refractivity contribution is 8.00. The fourth-order valence-corrected chi connectivity index (χ4v) is 7.90. The number of rotatable bonds is 8. The third-order valence-corrected chi connectivity index (χ3v) is 9.77. The second kappa shape index (κ2) is 11.5. The van der Waals surface area contributed by atoms with E-state index < -0.39 is 34.8 Å². The standard InChI is InChI=1S/C30H28ClN3O7S2/c1-30(2,3)41-29(38)26-15(10-39-14-35)12-43-28-25(27(37)34(26)28)33-23(36)11-40-17-5-6-18-22(9-17)42-13-20-19-8-16(31)4-7-21(19)32-24(18)20/h4-9,14,25,28,32H,10-13H2,1-3H3,(H,33,36). The van der Waals surface area contributed by atoms with Gasteiger partial charge >= 0.3 is 5.97 Å². The average Bonchev–Trinajstić information content (AvgIpc) is 3.34. The normalized spacial score (nSPS) is 19.2. The number of benzene rings is 2. The Labute approximate surface area is 260 Å². The van der Waals surface area contributed by atoms with Crippen molar-refractivity contribution in [1.82, 2.24) is 15.2 Å². The number of thioether (sulfide) groups is 2. The summed E-state index contributed by atoms with van der Waals surface area (Å²) in [5.41, 5.74) is 4.07. The average molecular weight is 642 g/mol. The lowest BCUT2D eigenvalue weighted by molar-refractivity contribution is -0.159. The van der Waals surface area contributed by atoms with Crippen molar-refractivity contribution in [1.29, 1.82) is 0 Å². The van der Waals surface area contributed by atoms with Gasteiger partial charge in [-0.3, -0.25) is 19.3 Å². The first-order valence-corrected chi connectivity index (χ1v) is 15.9. The van der Waals surface area contributed by atoms with Gasteiger partial charge in [-0.05, 0) is 62.7 Å².